The van der Waals surface area contributed by atoms with E-state index >= 15 is 0 Å². The highest BCUT2D eigenvalue weighted by Gasteiger charge is 2.18. The van der Waals surface area contributed by atoms with E-state index in [2.05, 4.69) is 31.3 Å². The Kier molecular flexibility index (Phi) is 63.2. The van der Waals surface area contributed by atoms with Gasteiger partial charge in [-0.05, 0) is 44.9 Å². The Morgan fingerprint density at radius 1 is 0.319 bits per heavy atom. The van der Waals surface area contributed by atoms with Gasteiger partial charge in [0.25, 0.3) is 0 Å². The Morgan fingerprint density at radius 3 is 0.764 bits per heavy atom. The number of rotatable bonds is 63. The van der Waals surface area contributed by atoms with E-state index in [0.29, 0.717) is 6.42 Å². The monoisotopic (exact) mass is 1010 g/mol. The minimum Gasteiger partial charge on any atom is -0.394 e. The second-order valence-corrected chi connectivity index (χ2v) is 23.2. The summed E-state index contributed by atoms with van der Waals surface area (Å²) in [6, 6.07) is -0.621. The van der Waals surface area contributed by atoms with Crippen molar-refractivity contribution in [3.63, 3.8) is 0 Å². The lowest BCUT2D eigenvalue weighted by molar-refractivity contribution is -0.123. The molecule has 0 fully saturated rings. The Labute approximate surface area is 453 Å². The molecule has 0 bridgehead atoms. The van der Waals surface area contributed by atoms with Gasteiger partial charge >= 0.3 is 0 Å². The van der Waals surface area contributed by atoms with Gasteiger partial charge in [0.2, 0.25) is 5.91 Å². The van der Waals surface area contributed by atoms with Crippen molar-refractivity contribution in [3.8, 4) is 0 Å². The summed E-state index contributed by atoms with van der Waals surface area (Å²) in [6.07, 6.45) is 86.8. The highest BCUT2D eigenvalue weighted by molar-refractivity contribution is 5.76. The number of aliphatic hydroxyl groups is 2. The number of aliphatic hydroxyl groups excluding tert-OH is 2. The molecule has 428 valence electrons. The first-order valence-corrected chi connectivity index (χ1v) is 33.6. The largest absolute Gasteiger partial charge is 0.394 e. The van der Waals surface area contributed by atoms with E-state index in [0.717, 1.165) is 25.7 Å². The zero-order valence-electron chi connectivity index (χ0n) is 49.5. The maximum atomic E-state index is 12.5. The van der Waals surface area contributed by atoms with Gasteiger partial charge in [-0.15, -0.1) is 0 Å². The maximum absolute atomic E-state index is 12.5. The molecular formula is C68H133NO3. The lowest BCUT2D eigenvalue weighted by atomic mass is 10.0. The van der Waals surface area contributed by atoms with E-state index < -0.39 is 12.1 Å². The van der Waals surface area contributed by atoms with Crippen LogP contribution in [0, 0.1) is 0 Å². The van der Waals surface area contributed by atoms with Gasteiger partial charge in [0.05, 0.1) is 18.8 Å². The number of allylic oxidation sites excluding steroid dienone is 3. The van der Waals surface area contributed by atoms with Crippen molar-refractivity contribution in [1.82, 2.24) is 5.32 Å². The second-order valence-electron chi connectivity index (χ2n) is 23.2. The average Bonchev–Trinajstić information content (AvgIpc) is 3.39. The van der Waals surface area contributed by atoms with Crippen LogP contribution in [0.4, 0.5) is 0 Å². The maximum Gasteiger partial charge on any atom is 0.220 e. The van der Waals surface area contributed by atoms with Crippen LogP contribution in [-0.2, 0) is 4.79 Å². The van der Waals surface area contributed by atoms with Gasteiger partial charge in [0.15, 0.2) is 0 Å². The van der Waals surface area contributed by atoms with Gasteiger partial charge in [-0.3, -0.25) is 4.79 Å². The summed E-state index contributed by atoms with van der Waals surface area (Å²) < 4.78 is 0. The molecule has 0 saturated carbocycles. The smallest absolute Gasteiger partial charge is 0.220 e. The van der Waals surface area contributed by atoms with E-state index in [1.54, 1.807) is 6.08 Å². The molecule has 0 spiro atoms. The molecule has 3 N–H and O–H groups in total. The first-order chi connectivity index (χ1) is 35.7. The molecule has 1 amide bonds. The molecule has 0 aromatic carbocycles. The summed E-state index contributed by atoms with van der Waals surface area (Å²) >= 11 is 0. The summed E-state index contributed by atoms with van der Waals surface area (Å²) in [5.74, 6) is -0.0548. The van der Waals surface area contributed by atoms with Crippen molar-refractivity contribution >= 4 is 5.91 Å². The molecule has 72 heavy (non-hydrogen) atoms. The predicted molar refractivity (Wildman–Crippen MR) is 322 cm³/mol. The van der Waals surface area contributed by atoms with Gasteiger partial charge in [-0.1, -0.05) is 359 Å². The minimum absolute atomic E-state index is 0.0548. The molecule has 0 aliphatic carbocycles. The topological polar surface area (TPSA) is 69.6 Å². The Bertz CT molecular complexity index is 1060. The Hall–Kier alpha value is -1.13. The SMILES string of the molecule is CCCCCCCCCC/C=C\CCCCCCCCCCCCCCCCCCCCCCCC(=O)NC(CO)C(O)/C=C/CCCCCCCCCCCCCCCCCCCCCCCCCCC. The molecule has 0 aromatic rings. The van der Waals surface area contributed by atoms with Crippen LogP contribution in [0.5, 0.6) is 0 Å². The number of hydrogen-bond donors (Lipinski definition) is 3. The highest BCUT2D eigenvalue weighted by atomic mass is 16.3. The summed E-state index contributed by atoms with van der Waals surface area (Å²) in [4.78, 5) is 12.5. The molecule has 0 aromatic heterocycles. The van der Waals surface area contributed by atoms with Crippen LogP contribution < -0.4 is 5.32 Å². The van der Waals surface area contributed by atoms with E-state index in [1.165, 1.54) is 340 Å². The fraction of sp³-hybridized carbons (Fsp3) is 0.926. The molecule has 0 aliphatic heterocycles. The van der Waals surface area contributed by atoms with Gasteiger partial charge in [-0.2, -0.15) is 0 Å². The zero-order valence-corrected chi connectivity index (χ0v) is 49.5. The van der Waals surface area contributed by atoms with Crippen molar-refractivity contribution in [1.29, 1.82) is 0 Å². The Morgan fingerprint density at radius 2 is 0.528 bits per heavy atom. The van der Waals surface area contributed by atoms with Crippen molar-refractivity contribution in [2.45, 2.75) is 398 Å². The van der Waals surface area contributed by atoms with Crippen LogP contribution in [-0.4, -0.2) is 34.9 Å². The number of amides is 1. The molecular weight excluding hydrogens is 879 g/mol. The van der Waals surface area contributed by atoms with Crippen LogP contribution in [0.3, 0.4) is 0 Å². The first kappa shape index (κ1) is 70.9. The molecule has 4 nitrogen and oxygen atoms in total. The van der Waals surface area contributed by atoms with Crippen molar-refractivity contribution in [2.24, 2.45) is 0 Å². The third-order valence-electron chi connectivity index (χ3n) is 15.9. The number of carbonyl (C=O) groups excluding carboxylic acids is 1. The van der Waals surface area contributed by atoms with Gasteiger partial charge in [0, 0.05) is 6.42 Å². The molecule has 2 atom stereocenters. The molecule has 0 radical (unpaired) electrons. The molecule has 0 heterocycles. The van der Waals surface area contributed by atoms with Crippen molar-refractivity contribution < 1.29 is 15.0 Å². The lowest BCUT2D eigenvalue weighted by Gasteiger charge is -2.20. The third-order valence-corrected chi connectivity index (χ3v) is 15.9. The van der Waals surface area contributed by atoms with Crippen molar-refractivity contribution in [2.75, 3.05) is 6.61 Å². The summed E-state index contributed by atoms with van der Waals surface area (Å²) in [5.41, 5.74) is 0. The average molecular weight is 1010 g/mol. The van der Waals surface area contributed by atoms with Crippen molar-refractivity contribution in [3.05, 3.63) is 24.3 Å². The standard InChI is InChI=1S/C68H133NO3/c1-3-5-7-9-11-13-15-17-19-21-23-25-27-29-31-32-33-34-35-36-38-40-42-44-46-48-50-52-54-56-58-60-62-64-68(72)69-66(65-70)67(71)63-61-59-57-55-53-51-49-47-45-43-41-39-37-30-28-26-24-22-20-18-16-14-12-10-8-6-4-2/h21,23,61,63,66-67,70-71H,3-20,22,24-60,62,64-65H2,1-2H3,(H,69,72)/b23-21-,63-61+. The number of carbonyl (C=O) groups is 1. The second kappa shape index (κ2) is 64.2. The molecule has 0 aliphatic rings. The quantitative estimate of drug-likeness (QED) is 0.0420. The van der Waals surface area contributed by atoms with Gasteiger partial charge in [-0.25, -0.2) is 0 Å². The minimum atomic E-state index is -0.838. The molecule has 2 unspecified atom stereocenters. The van der Waals surface area contributed by atoms with Crippen LogP contribution >= 0.6 is 0 Å². The van der Waals surface area contributed by atoms with E-state index in [4.69, 9.17) is 0 Å². The van der Waals surface area contributed by atoms with E-state index in [9.17, 15) is 15.0 Å². The lowest BCUT2D eigenvalue weighted by Crippen LogP contribution is -2.45. The number of hydrogen-bond acceptors (Lipinski definition) is 3. The summed E-state index contributed by atoms with van der Waals surface area (Å²) in [7, 11) is 0. The van der Waals surface area contributed by atoms with Gasteiger partial charge in [0.1, 0.15) is 0 Å². The fourth-order valence-electron chi connectivity index (χ4n) is 10.8. The zero-order chi connectivity index (χ0) is 52.0. The fourth-order valence-corrected chi connectivity index (χ4v) is 10.8. The van der Waals surface area contributed by atoms with E-state index in [1.807, 2.05) is 6.08 Å². The predicted octanol–water partition coefficient (Wildman–Crippen LogP) is 22.6. The van der Waals surface area contributed by atoms with Crippen LogP contribution in [0.25, 0.3) is 0 Å². The normalized spacial score (nSPS) is 12.8. The molecule has 4 heteroatoms. The third kappa shape index (κ3) is 59.7. The van der Waals surface area contributed by atoms with E-state index in [-0.39, 0.29) is 12.5 Å². The Balaban J connectivity index is 3.41. The highest BCUT2D eigenvalue weighted by Crippen LogP contribution is 2.19. The molecule has 0 rings (SSSR count). The van der Waals surface area contributed by atoms with Crippen LogP contribution in [0.1, 0.15) is 386 Å². The van der Waals surface area contributed by atoms with Crippen LogP contribution in [0.2, 0.25) is 0 Å². The number of nitrogens with one attached hydrogen (secondary N) is 1. The first-order valence-electron chi connectivity index (χ1n) is 33.6. The number of unbranched alkanes of at least 4 members (excludes halogenated alkanes) is 54. The molecule has 0 saturated heterocycles. The van der Waals surface area contributed by atoms with Gasteiger partial charge < -0.3 is 15.5 Å². The van der Waals surface area contributed by atoms with Crippen LogP contribution in [0.15, 0.2) is 24.3 Å². The summed E-state index contributed by atoms with van der Waals surface area (Å²) in [6.45, 7) is 4.36. The summed E-state index contributed by atoms with van der Waals surface area (Å²) in [5, 5.41) is 23.3.